The first kappa shape index (κ1) is 26.9. The zero-order valence-corrected chi connectivity index (χ0v) is 22.3. The number of H-pyrrole nitrogens is 1. The minimum absolute atomic E-state index is 0.213. The van der Waals surface area contributed by atoms with Crippen molar-refractivity contribution in [2.24, 2.45) is 0 Å². The molecule has 0 saturated carbocycles. The molecular formula is C28H29N7O4. The summed E-state index contributed by atoms with van der Waals surface area (Å²) < 4.78 is 17.2. The molecule has 0 aliphatic carbocycles. The highest BCUT2D eigenvalue weighted by molar-refractivity contribution is 5.90. The molecule has 2 heterocycles. The maximum atomic E-state index is 13.3. The van der Waals surface area contributed by atoms with Crippen molar-refractivity contribution in [1.29, 1.82) is 5.26 Å². The summed E-state index contributed by atoms with van der Waals surface area (Å²) in [7, 11) is 3.08. The summed E-state index contributed by atoms with van der Waals surface area (Å²) in [5, 5.41) is 19.2. The summed E-state index contributed by atoms with van der Waals surface area (Å²) in [6.45, 7) is 5.75. The van der Waals surface area contributed by atoms with Crippen molar-refractivity contribution in [3.05, 3.63) is 72.2 Å². The number of nitrogens with one attached hydrogen (secondary N) is 2. The molecule has 0 aliphatic heterocycles. The van der Waals surface area contributed by atoms with Gasteiger partial charge in [0.2, 0.25) is 0 Å². The Kier molecular flexibility index (Phi) is 7.96. The molecule has 0 radical (unpaired) electrons. The zero-order valence-electron chi connectivity index (χ0n) is 22.3. The Balaban J connectivity index is 1.70. The number of nitrogens with zero attached hydrogens (tertiary/aromatic N) is 5. The minimum atomic E-state index is -0.682. The van der Waals surface area contributed by atoms with Gasteiger partial charge in [0.15, 0.2) is 11.5 Å². The molecule has 4 aromatic rings. The first-order valence-electron chi connectivity index (χ1n) is 12.1. The fourth-order valence-corrected chi connectivity index (χ4v) is 3.76. The number of hydrogen-bond acceptors (Lipinski definition) is 9. The van der Waals surface area contributed by atoms with Gasteiger partial charge >= 0.3 is 6.09 Å². The first-order chi connectivity index (χ1) is 18.7. The Labute approximate surface area is 226 Å². The van der Waals surface area contributed by atoms with E-state index in [0.29, 0.717) is 40.1 Å². The number of rotatable bonds is 8. The molecule has 0 unspecified atom stereocenters. The van der Waals surface area contributed by atoms with E-state index in [1.54, 1.807) is 37.3 Å². The monoisotopic (exact) mass is 527 g/mol. The van der Waals surface area contributed by atoms with Crippen LogP contribution in [0, 0.1) is 11.3 Å². The van der Waals surface area contributed by atoms with Crippen molar-refractivity contribution in [3.63, 3.8) is 0 Å². The van der Waals surface area contributed by atoms with Crippen LogP contribution in [0.1, 0.15) is 32.0 Å². The number of ether oxygens (including phenoxy) is 3. The second-order valence-electron chi connectivity index (χ2n) is 9.47. The topological polar surface area (TPSA) is 138 Å². The van der Waals surface area contributed by atoms with Crippen LogP contribution in [0.15, 0.2) is 60.9 Å². The molecule has 1 amide bonds. The van der Waals surface area contributed by atoms with Crippen LogP contribution >= 0.6 is 0 Å². The van der Waals surface area contributed by atoms with Crippen LogP contribution in [-0.4, -0.2) is 46.1 Å². The smallest absolute Gasteiger partial charge is 0.415 e. The van der Waals surface area contributed by atoms with Crippen molar-refractivity contribution >= 4 is 23.4 Å². The van der Waals surface area contributed by atoms with Crippen LogP contribution in [0.5, 0.6) is 11.5 Å². The SMILES string of the molecule is COc1cc(N(Cc2ccccc2)C(=O)OC(C)(C)C)cc(OC)c1-c1cc(Nc2cnc(C#N)cn2)n[nH]1. The van der Waals surface area contributed by atoms with E-state index in [-0.39, 0.29) is 12.2 Å². The molecular weight excluding hydrogens is 498 g/mol. The molecule has 2 aromatic heterocycles. The summed E-state index contributed by atoms with van der Waals surface area (Å²) in [6, 6.07) is 16.8. The number of methoxy groups -OCH3 is 2. The Bertz CT molecular complexity index is 1450. The molecule has 2 N–H and O–H groups in total. The lowest BCUT2D eigenvalue weighted by molar-refractivity contribution is 0.0577. The van der Waals surface area contributed by atoms with Gasteiger partial charge < -0.3 is 19.5 Å². The van der Waals surface area contributed by atoms with Crippen molar-refractivity contribution < 1.29 is 19.0 Å². The predicted molar refractivity (Wildman–Crippen MR) is 146 cm³/mol. The average molecular weight is 528 g/mol. The fraction of sp³-hybridized carbons (Fsp3) is 0.250. The largest absolute Gasteiger partial charge is 0.496 e. The van der Waals surface area contributed by atoms with Gasteiger partial charge in [-0.15, -0.1) is 0 Å². The number of hydrogen-bond donors (Lipinski definition) is 2. The van der Waals surface area contributed by atoms with Crippen LogP contribution in [-0.2, 0) is 11.3 Å². The van der Waals surface area contributed by atoms with Crippen LogP contribution in [0.2, 0.25) is 0 Å². The van der Waals surface area contributed by atoms with E-state index in [2.05, 4.69) is 25.5 Å². The third-order valence-corrected chi connectivity index (χ3v) is 5.47. The Morgan fingerprint density at radius 1 is 1.03 bits per heavy atom. The summed E-state index contributed by atoms with van der Waals surface area (Å²) in [4.78, 5) is 23.0. The van der Waals surface area contributed by atoms with Gasteiger partial charge in [-0.25, -0.2) is 14.8 Å². The van der Waals surface area contributed by atoms with Gasteiger partial charge in [0.05, 0.1) is 50.1 Å². The van der Waals surface area contributed by atoms with Crippen molar-refractivity contribution in [2.75, 3.05) is 24.4 Å². The molecule has 39 heavy (non-hydrogen) atoms. The highest BCUT2D eigenvalue weighted by atomic mass is 16.6. The molecule has 11 nitrogen and oxygen atoms in total. The van der Waals surface area contributed by atoms with E-state index in [4.69, 9.17) is 19.5 Å². The van der Waals surface area contributed by atoms with Gasteiger partial charge in [-0.2, -0.15) is 10.4 Å². The maximum Gasteiger partial charge on any atom is 0.415 e. The number of aromatic nitrogens is 4. The van der Waals surface area contributed by atoms with Crippen LogP contribution in [0.25, 0.3) is 11.3 Å². The molecule has 2 aromatic carbocycles. The van der Waals surface area contributed by atoms with E-state index in [0.717, 1.165) is 5.56 Å². The molecule has 0 aliphatic rings. The second-order valence-corrected chi connectivity index (χ2v) is 9.47. The molecule has 0 bridgehead atoms. The molecule has 200 valence electrons. The predicted octanol–water partition coefficient (Wildman–Crippen LogP) is 5.44. The number of carbonyl (C=O) groups is 1. The number of nitriles is 1. The molecule has 0 fully saturated rings. The fourth-order valence-electron chi connectivity index (χ4n) is 3.76. The first-order valence-corrected chi connectivity index (χ1v) is 12.1. The van der Waals surface area contributed by atoms with E-state index >= 15 is 0 Å². The lowest BCUT2D eigenvalue weighted by Crippen LogP contribution is -2.36. The average Bonchev–Trinajstić information content (AvgIpc) is 3.38. The second kappa shape index (κ2) is 11.5. The van der Waals surface area contributed by atoms with Gasteiger partial charge in [0.1, 0.15) is 29.0 Å². The van der Waals surface area contributed by atoms with Crippen LogP contribution in [0.4, 0.5) is 22.1 Å². The van der Waals surface area contributed by atoms with Gasteiger partial charge in [-0.1, -0.05) is 30.3 Å². The highest BCUT2D eigenvalue weighted by Crippen LogP contribution is 2.42. The molecule has 0 spiro atoms. The van der Waals surface area contributed by atoms with Gasteiger partial charge in [0.25, 0.3) is 0 Å². The zero-order chi connectivity index (χ0) is 28.0. The Morgan fingerprint density at radius 2 is 1.72 bits per heavy atom. The van der Waals surface area contributed by atoms with Crippen molar-refractivity contribution in [3.8, 4) is 28.8 Å². The lowest BCUT2D eigenvalue weighted by Gasteiger charge is -2.28. The summed E-state index contributed by atoms with van der Waals surface area (Å²) in [5.74, 6) is 1.81. The van der Waals surface area contributed by atoms with E-state index in [1.807, 2.05) is 57.2 Å². The summed E-state index contributed by atoms with van der Waals surface area (Å²) in [6.07, 6.45) is 2.31. The van der Waals surface area contributed by atoms with Crippen molar-refractivity contribution in [1.82, 2.24) is 20.2 Å². The van der Waals surface area contributed by atoms with E-state index in [1.165, 1.54) is 12.4 Å². The molecule has 0 atom stereocenters. The Morgan fingerprint density at radius 3 is 2.28 bits per heavy atom. The third-order valence-electron chi connectivity index (χ3n) is 5.47. The van der Waals surface area contributed by atoms with E-state index in [9.17, 15) is 4.79 Å². The molecule has 4 rings (SSSR count). The van der Waals surface area contributed by atoms with E-state index < -0.39 is 11.7 Å². The lowest BCUT2D eigenvalue weighted by atomic mass is 10.1. The Hall–Kier alpha value is -5.11. The van der Waals surface area contributed by atoms with Crippen molar-refractivity contribution in [2.45, 2.75) is 32.9 Å². The number of carbonyl (C=O) groups excluding carboxylic acids is 1. The van der Waals surface area contributed by atoms with Crippen LogP contribution in [0.3, 0.4) is 0 Å². The highest BCUT2D eigenvalue weighted by Gasteiger charge is 2.27. The normalized spacial score (nSPS) is 10.9. The van der Waals surface area contributed by atoms with Crippen LogP contribution < -0.4 is 19.7 Å². The van der Waals surface area contributed by atoms with Gasteiger partial charge in [-0.05, 0) is 26.3 Å². The standard InChI is InChI=1S/C28H29N7O4/c1-28(2,3)39-27(36)35(17-18-9-7-6-8-10-18)20-11-22(37-4)26(23(12-20)38-5)21-13-24(34-33-21)32-25-16-30-19(14-29)15-31-25/h6-13,15-16H,17H2,1-5H3,(H2,31,32,33,34). The third kappa shape index (κ3) is 6.61. The maximum absolute atomic E-state index is 13.3. The summed E-state index contributed by atoms with van der Waals surface area (Å²) in [5.41, 5.74) is 2.21. The number of benzene rings is 2. The molecule has 11 heteroatoms. The number of anilines is 3. The summed E-state index contributed by atoms with van der Waals surface area (Å²) >= 11 is 0. The van der Waals surface area contributed by atoms with Gasteiger partial charge in [0, 0.05) is 18.2 Å². The number of aromatic amines is 1. The minimum Gasteiger partial charge on any atom is -0.496 e. The van der Waals surface area contributed by atoms with Gasteiger partial charge in [-0.3, -0.25) is 10.00 Å². The molecule has 0 saturated heterocycles. The quantitative estimate of drug-likeness (QED) is 0.307. The number of amides is 1.